The quantitative estimate of drug-likeness (QED) is 0.146. The molecule has 1 N–H and O–H groups in total. The predicted molar refractivity (Wildman–Crippen MR) is 150 cm³/mol. The van der Waals surface area contributed by atoms with Gasteiger partial charge in [0.2, 0.25) is 0 Å². The lowest BCUT2D eigenvalue weighted by Crippen LogP contribution is -2.60. The highest BCUT2D eigenvalue weighted by Crippen LogP contribution is 2.31. The second-order valence-electron chi connectivity index (χ2n) is 9.55. The van der Waals surface area contributed by atoms with E-state index in [0.29, 0.717) is 0 Å². The minimum absolute atomic E-state index is 0.225. The molecule has 0 bridgehead atoms. The van der Waals surface area contributed by atoms with Crippen molar-refractivity contribution in [2.75, 3.05) is 13.7 Å². The van der Waals surface area contributed by atoms with Crippen LogP contribution in [0.15, 0.2) is 103 Å². The van der Waals surface area contributed by atoms with E-state index in [-0.39, 0.29) is 19.8 Å². The molecule has 1 aliphatic heterocycles. The average Bonchev–Trinajstić information content (AvgIpc) is 3.01. The summed E-state index contributed by atoms with van der Waals surface area (Å²) in [4.78, 5) is 0. The van der Waals surface area contributed by atoms with Gasteiger partial charge in [0.05, 0.1) is 19.8 Å². The van der Waals surface area contributed by atoms with E-state index in [4.69, 9.17) is 29.1 Å². The fourth-order valence-electron chi connectivity index (χ4n) is 4.44. The van der Waals surface area contributed by atoms with Crippen LogP contribution in [0.25, 0.3) is 0 Å². The number of hydrogen-bond donors (Lipinski definition) is 1. The van der Waals surface area contributed by atoms with Crippen molar-refractivity contribution >= 4 is 5.90 Å². The smallest absolute Gasteiger partial charge is 0.467 e. The molecule has 0 aliphatic carbocycles. The molecule has 0 saturated carbocycles. The Bertz CT molecular complexity index is 1240. The molecule has 1 heterocycles. The van der Waals surface area contributed by atoms with Crippen LogP contribution in [0.2, 0.25) is 0 Å². The lowest BCUT2D eigenvalue weighted by molar-refractivity contribution is -0.309. The molecule has 1 fully saturated rings. The Morgan fingerprint density at radius 2 is 1.19 bits per heavy atom. The van der Waals surface area contributed by atoms with Gasteiger partial charge in [0.15, 0.2) is 6.29 Å². The first-order valence-electron chi connectivity index (χ1n) is 13.4. The summed E-state index contributed by atoms with van der Waals surface area (Å²) < 4.78 is 73.7. The predicted octanol–water partition coefficient (Wildman–Crippen LogP) is 6.23. The maximum atomic E-state index is 12.7. The number of benzene rings is 3. The number of nitrogens with one attached hydrogen (secondary N) is 1. The van der Waals surface area contributed by atoms with E-state index in [1.54, 1.807) is 0 Å². The Kier molecular flexibility index (Phi) is 11.7. The van der Waals surface area contributed by atoms with Gasteiger partial charge in [-0.25, -0.2) is 0 Å². The zero-order valence-electron chi connectivity index (χ0n) is 23.1. The molecule has 5 atom stereocenters. The number of rotatable bonds is 13. The van der Waals surface area contributed by atoms with Gasteiger partial charge in [0.25, 0.3) is 5.90 Å². The number of alkyl halides is 3. The molecule has 3 aromatic rings. The van der Waals surface area contributed by atoms with Gasteiger partial charge in [-0.1, -0.05) is 97.1 Å². The van der Waals surface area contributed by atoms with Gasteiger partial charge in [-0.2, -0.15) is 13.2 Å². The maximum absolute atomic E-state index is 12.7. The number of hydrogen-bond acceptors (Lipinski definition) is 7. The Balaban J connectivity index is 1.59. The summed E-state index contributed by atoms with van der Waals surface area (Å²) in [5.41, 5.74) is 2.80. The third-order valence-electron chi connectivity index (χ3n) is 6.53. The standard InChI is InChI=1S/C32H34F3NO6/c1-37-30-29(41-22-25-16-9-4-10-17-25)28(40-21-24-14-7-3-8-15-24)27(39-20-23-12-5-2-6-13-23)26(42-30)18-11-19-38-31(36)32(33,34)35/h2-18,26-30,36H,19-22H2,1H3/b18-11-,36-31?/t26-,27-,28+,29-,30+/m1/s1. The summed E-state index contributed by atoms with van der Waals surface area (Å²) in [6.07, 6.45) is -5.78. The molecule has 42 heavy (non-hydrogen) atoms. The molecule has 3 aromatic carbocycles. The number of ether oxygens (including phenoxy) is 6. The van der Waals surface area contributed by atoms with E-state index in [1.807, 2.05) is 91.0 Å². The highest BCUT2D eigenvalue weighted by molar-refractivity contribution is 5.78. The van der Waals surface area contributed by atoms with Crippen LogP contribution in [-0.2, 0) is 48.2 Å². The van der Waals surface area contributed by atoms with E-state index in [0.717, 1.165) is 16.7 Å². The topological polar surface area (TPSA) is 79.2 Å². The molecular formula is C32H34F3NO6. The molecule has 0 amide bonds. The zero-order valence-corrected chi connectivity index (χ0v) is 23.1. The van der Waals surface area contributed by atoms with E-state index < -0.39 is 49.4 Å². The van der Waals surface area contributed by atoms with Crippen molar-refractivity contribution in [2.45, 2.75) is 56.7 Å². The Morgan fingerprint density at radius 3 is 1.64 bits per heavy atom. The largest absolute Gasteiger partial charge is 0.470 e. The fraction of sp³-hybridized carbons (Fsp3) is 0.344. The zero-order chi connectivity index (χ0) is 29.8. The van der Waals surface area contributed by atoms with Crippen LogP contribution in [0.5, 0.6) is 0 Å². The van der Waals surface area contributed by atoms with E-state index in [1.165, 1.54) is 19.3 Å². The van der Waals surface area contributed by atoms with Crippen LogP contribution < -0.4 is 0 Å². The minimum Gasteiger partial charge on any atom is -0.470 e. The van der Waals surface area contributed by atoms with Crippen molar-refractivity contribution in [3.05, 3.63) is 120 Å². The molecule has 0 aromatic heterocycles. The first-order valence-corrected chi connectivity index (χ1v) is 13.4. The summed E-state index contributed by atoms with van der Waals surface area (Å²) in [6.45, 7) is 0.257. The molecular weight excluding hydrogens is 551 g/mol. The summed E-state index contributed by atoms with van der Waals surface area (Å²) in [7, 11) is 1.48. The normalized spacial score (nSPS) is 22.7. The van der Waals surface area contributed by atoms with Crippen LogP contribution >= 0.6 is 0 Å². The minimum atomic E-state index is -4.86. The Morgan fingerprint density at radius 1 is 0.738 bits per heavy atom. The fourth-order valence-corrected chi connectivity index (χ4v) is 4.44. The monoisotopic (exact) mass is 585 g/mol. The van der Waals surface area contributed by atoms with E-state index in [9.17, 15) is 13.2 Å². The van der Waals surface area contributed by atoms with Gasteiger partial charge in [0.1, 0.15) is 31.0 Å². The van der Waals surface area contributed by atoms with Crippen LogP contribution in [-0.4, -0.2) is 56.5 Å². The Labute approximate surface area is 243 Å². The molecule has 224 valence electrons. The molecule has 1 aliphatic rings. The summed E-state index contributed by atoms with van der Waals surface area (Å²) >= 11 is 0. The van der Waals surface area contributed by atoms with Crippen LogP contribution in [0.4, 0.5) is 13.2 Å². The molecule has 4 rings (SSSR count). The third-order valence-corrected chi connectivity index (χ3v) is 6.53. The Hall–Kier alpha value is -3.54. The maximum Gasteiger partial charge on any atom is 0.467 e. The molecule has 0 unspecified atom stereocenters. The summed E-state index contributed by atoms with van der Waals surface area (Å²) in [5, 5.41) is 7.04. The van der Waals surface area contributed by atoms with Crippen molar-refractivity contribution in [1.82, 2.24) is 0 Å². The van der Waals surface area contributed by atoms with Crippen molar-refractivity contribution in [3.8, 4) is 0 Å². The molecule has 10 heteroatoms. The SMILES string of the molecule is CO[C@H]1O[C@H](/C=C\COC(=N)C(F)(F)F)[C@@H](OCc2ccccc2)[C@H](OCc2ccccc2)[C@H]1OCc1ccccc1. The van der Waals surface area contributed by atoms with Gasteiger partial charge >= 0.3 is 6.18 Å². The lowest BCUT2D eigenvalue weighted by atomic mass is 9.97. The van der Waals surface area contributed by atoms with Gasteiger partial charge in [0, 0.05) is 7.11 Å². The van der Waals surface area contributed by atoms with Gasteiger partial charge in [-0.05, 0) is 22.8 Å². The molecule has 0 spiro atoms. The number of halogens is 3. The van der Waals surface area contributed by atoms with Gasteiger partial charge in [-0.3, -0.25) is 5.41 Å². The second-order valence-corrected chi connectivity index (χ2v) is 9.55. The van der Waals surface area contributed by atoms with E-state index in [2.05, 4.69) is 4.74 Å². The summed E-state index contributed by atoms with van der Waals surface area (Å²) in [6, 6.07) is 28.8. The first kappa shape index (κ1) is 31.4. The second kappa shape index (κ2) is 15.6. The highest BCUT2D eigenvalue weighted by Gasteiger charge is 2.48. The van der Waals surface area contributed by atoms with Gasteiger partial charge in [-0.15, -0.1) is 0 Å². The van der Waals surface area contributed by atoms with Crippen molar-refractivity contribution in [1.29, 1.82) is 5.41 Å². The van der Waals surface area contributed by atoms with Crippen molar-refractivity contribution in [2.24, 2.45) is 0 Å². The molecule has 0 radical (unpaired) electrons. The van der Waals surface area contributed by atoms with Crippen molar-refractivity contribution < 1.29 is 41.6 Å². The third kappa shape index (κ3) is 9.23. The first-order chi connectivity index (χ1) is 20.3. The molecule has 1 saturated heterocycles. The number of methoxy groups -OCH3 is 1. The van der Waals surface area contributed by atoms with Crippen molar-refractivity contribution in [3.63, 3.8) is 0 Å². The highest BCUT2D eigenvalue weighted by atomic mass is 19.4. The van der Waals surface area contributed by atoms with Crippen LogP contribution in [0, 0.1) is 5.41 Å². The van der Waals surface area contributed by atoms with Crippen LogP contribution in [0.3, 0.4) is 0 Å². The van der Waals surface area contributed by atoms with E-state index >= 15 is 0 Å². The van der Waals surface area contributed by atoms with Crippen LogP contribution in [0.1, 0.15) is 16.7 Å². The average molecular weight is 586 g/mol. The summed E-state index contributed by atoms with van der Waals surface area (Å²) in [5.74, 6) is -1.78. The lowest BCUT2D eigenvalue weighted by Gasteiger charge is -2.45. The van der Waals surface area contributed by atoms with Gasteiger partial charge < -0.3 is 28.4 Å². The molecule has 7 nitrogen and oxygen atoms in total.